The lowest BCUT2D eigenvalue weighted by Gasteiger charge is -2.17. The first-order chi connectivity index (χ1) is 8.15. The van der Waals surface area contributed by atoms with E-state index in [0.717, 1.165) is 0 Å². The summed E-state index contributed by atoms with van der Waals surface area (Å²) in [5.74, 6) is -0.572. The zero-order chi connectivity index (χ0) is 12.4. The Morgan fingerprint density at radius 1 is 1.53 bits per heavy atom. The van der Waals surface area contributed by atoms with Crippen LogP contribution in [0.15, 0.2) is 18.2 Å². The summed E-state index contributed by atoms with van der Waals surface area (Å²) in [6.45, 7) is 3.29. The van der Waals surface area contributed by atoms with Crippen molar-refractivity contribution in [2.75, 3.05) is 24.7 Å². The molecule has 0 bridgehead atoms. The molecule has 0 saturated heterocycles. The van der Waals surface area contributed by atoms with Gasteiger partial charge in [-0.15, -0.1) is 0 Å². The molecule has 1 aliphatic heterocycles. The number of nitrogens with two attached hydrogens (primary N) is 1. The summed E-state index contributed by atoms with van der Waals surface area (Å²) in [5, 5.41) is 0. The summed E-state index contributed by atoms with van der Waals surface area (Å²) < 4.78 is 18.4. The number of fused-ring (bicyclic) bond motifs is 1. The molecular weight excluding hydrogens is 223 g/mol. The zero-order valence-corrected chi connectivity index (χ0v) is 9.65. The zero-order valence-electron chi connectivity index (χ0n) is 9.65. The topological polar surface area (TPSA) is 55.6 Å². The van der Waals surface area contributed by atoms with Gasteiger partial charge < -0.3 is 15.4 Å². The van der Waals surface area contributed by atoms with Crippen LogP contribution in [0.2, 0.25) is 0 Å². The number of halogens is 1. The molecular formula is C12H15FN2O2. The molecule has 0 fully saturated rings. The third kappa shape index (κ3) is 2.16. The highest BCUT2D eigenvalue weighted by atomic mass is 19.1. The Balaban J connectivity index is 2.23. The SMILES string of the molecule is CCOCCN1C(=O)C(N)c2ccc(F)cc21. The molecule has 1 aromatic carbocycles. The molecule has 1 aromatic rings. The molecule has 2 N–H and O–H groups in total. The van der Waals surface area contributed by atoms with Crippen molar-refractivity contribution < 1.29 is 13.9 Å². The largest absolute Gasteiger partial charge is 0.380 e. The van der Waals surface area contributed by atoms with Crippen LogP contribution in [0.4, 0.5) is 10.1 Å². The molecule has 1 unspecified atom stereocenters. The van der Waals surface area contributed by atoms with Crippen LogP contribution in [0, 0.1) is 5.82 Å². The Bertz CT molecular complexity index is 437. The average molecular weight is 238 g/mol. The van der Waals surface area contributed by atoms with Crippen molar-refractivity contribution in [1.29, 1.82) is 0 Å². The predicted molar refractivity (Wildman–Crippen MR) is 62.2 cm³/mol. The van der Waals surface area contributed by atoms with Crippen LogP contribution in [-0.2, 0) is 9.53 Å². The van der Waals surface area contributed by atoms with E-state index >= 15 is 0 Å². The molecule has 92 valence electrons. The van der Waals surface area contributed by atoms with E-state index in [1.54, 1.807) is 6.07 Å². The number of hydrogen-bond donors (Lipinski definition) is 1. The highest BCUT2D eigenvalue weighted by Crippen LogP contribution is 2.34. The predicted octanol–water partition coefficient (Wildman–Crippen LogP) is 1.21. The number of carbonyl (C=O) groups excluding carboxylic acids is 1. The Morgan fingerprint density at radius 3 is 3.00 bits per heavy atom. The van der Waals surface area contributed by atoms with Crippen LogP contribution >= 0.6 is 0 Å². The van der Waals surface area contributed by atoms with E-state index < -0.39 is 6.04 Å². The van der Waals surface area contributed by atoms with Gasteiger partial charge in [0.2, 0.25) is 5.91 Å². The number of rotatable bonds is 4. The first-order valence-electron chi connectivity index (χ1n) is 5.59. The van der Waals surface area contributed by atoms with Gasteiger partial charge in [0.25, 0.3) is 0 Å². The van der Waals surface area contributed by atoms with Crippen LogP contribution in [0.3, 0.4) is 0 Å². The minimum absolute atomic E-state index is 0.203. The molecule has 0 radical (unpaired) electrons. The van der Waals surface area contributed by atoms with E-state index in [0.29, 0.717) is 31.0 Å². The molecule has 0 aromatic heterocycles. The van der Waals surface area contributed by atoms with Gasteiger partial charge in [-0.1, -0.05) is 6.07 Å². The Hall–Kier alpha value is -1.46. The quantitative estimate of drug-likeness (QED) is 0.802. The third-order valence-corrected chi connectivity index (χ3v) is 2.81. The van der Waals surface area contributed by atoms with Crippen molar-refractivity contribution in [2.45, 2.75) is 13.0 Å². The second-order valence-corrected chi connectivity index (χ2v) is 3.87. The minimum Gasteiger partial charge on any atom is -0.380 e. The van der Waals surface area contributed by atoms with E-state index in [2.05, 4.69) is 0 Å². The first-order valence-corrected chi connectivity index (χ1v) is 5.59. The Morgan fingerprint density at radius 2 is 2.29 bits per heavy atom. The van der Waals surface area contributed by atoms with Crippen molar-refractivity contribution in [3.63, 3.8) is 0 Å². The first kappa shape index (κ1) is 12.0. The van der Waals surface area contributed by atoms with E-state index in [9.17, 15) is 9.18 Å². The lowest BCUT2D eigenvalue weighted by Crippen LogP contribution is -2.34. The monoisotopic (exact) mass is 238 g/mol. The molecule has 1 atom stereocenters. The molecule has 5 heteroatoms. The minimum atomic E-state index is -0.688. The fourth-order valence-corrected chi connectivity index (χ4v) is 1.96. The Labute approximate surface area is 99.2 Å². The van der Waals surface area contributed by atoms with Crippen LogP contribution in [-0.4, -0.2) is 25.7 Å². The maximum absolute atomic E-state index is 13.2. The third-order valence-electron chi connectivity index (χ3n) is 2.81. The van der Waals surface area contributed by atoms with Crippen molar-refractivity contribution in [3.05, 3.63) is 29.6 Å². The molecule has 1 amide bonds. The lowest BCUT2D eigenvalue weighted by atomic mass is 10.1. The average Bonchev–Trinajstić information content (AvgIpc) is 2.54. The molecule has 2 rings (SSSR count). The van der Waals surface area contributed by atoms with Gasteiger partial charge in [0.15, 0.2) is 0 Å². The van der Waals surface area contributed by atoms with E-state index in [4.69, 9.17) is 10.5 Å². The molecule has 1 aliphatic rings. The summed E-state index contributed by atoms with van der Waals surface area (Å²) in [7, 11) is 0. The normalized spacial score (nSPS) is 18.6. The molecule has 4 nitrogen and oxygen atoms in total. The highest BCUT2D eigenvalue weighted by Gasteiger charge is 2.34. The number of carbonyl (C=O) groups is 1. The summed E-state index contributed by atoms with van der Waals surface area (Å²) in [6.07, 6.45) is 0. The van der Waals surface area contributed by atoms with Crippen LogP contribution in [0.25, 0.3) is 0 Å². The van der Waals surface area contributed by atoms with Gasteiger partial charge in [-0.05, 0) is 19.1 Å². The molecule has 17 heavy (non-hydrogen) atoms. The van der Waals surface area contributed by atoms with Gasteiger partial charge in [0, 0.05) is 18.7 Å². The van der Waals surface area contributed by atoms with Gasteiger partial charge in [-0.25, -0.2) is 4.39 Å². The Kier molecular flexibility index (Phi) is 3.40. The van der Waals surface area contributed by atoms with E-state index in [1.807, 2.05) is 6.92 Å². The number of nitrogens with zero attached hydrogens (tertiary/aromatic N) is 1. The summed E-state index contributed by atoms with van der Waals surface area (Å²) in [6, 6.07) is 3.53. The maximum Gasteiger partial charge on any atom is 0.248 e. The van der Waals surface area contributed by atoms with Crippen molar-refractivity contribution in [2.24, 2.45) is 5.73 Å². The van der Waals surface area contributed by atoms with E-state index in [-0.39, 0.29) is 11.7 Å². The highest BCUT2D eigenvalue weighted by molar-refractivity contribution is 6.04. The van der Waals surface area contributed by atoms with Crippen LogP contribution in [0.1, 0.15) is 18.5 Å². The summed E-state index contributed by atoms with van der Waals surface area (Å²) >= 11 is 0. The maximum atomic E-state index is 13.2. The van der Waals surface area contributed by atoms with Crippen molar-refractivity contribution >= 4 is 11.6 Å². The number of anilines is 1. The summed E-state index contributed by atoms with van der Waals surface area (Å²) in [4.78, 5) is 13.4. The van der Waals surface area contributed by atoms with E-state index in [1.165, 1.54) is 17.0 Å². The van der Waals surface area contributed by atoms with Gasteiger partial charge in [0.05, 0.1) is 12.3 Å². The van der Waals surface area contributed by atoms with Crippen LogP contribution < -0.4 is 10.6 Å². The van der Waals surface area contributed by atoms with Crippen molar-refractivity contribution in [3.8, 4) is 0 Å². The molecule has 0 aliphatic carbocycles. The number of amides is 1. The van der Waals surface area contributed by atoms with Gasteiger partial charge in [0.1, 0.15) is 11.9 Å². The van der Waals surface area contributed by atoms with Gasteiger partial charge in [-0.3, -0.25) is 4.79 Å². The van der Waals surface area contributed by atoms with Crippen molar-refractivity contribution in [1.82, 2.24) is 0 Å². The number of hydrogen-bond acceptors (Lipinski definition) is 3. The van der Waals surface area contributed by atoms with Crippen LogP contribution in [0.5, 0.6) is 0 Å². The molecule has 0 saturated carbocycles. The number of ether oxygens (including phenoxy) is 1. The number of benzene rings is 1. The smallest absolute Gasteiger partial charge is 0.248 e. The fraction of sp³-hybridized carbons (Fsp3) is 0.417. The second-order valence-electron chi connectivity index (χ2n) is 3.87. The molecule has 0 spiro atoms. The van der Waals surface area contributed by atoms with Gasteiger partial charge in [-0.2, -0.15) is 0 Å². The van der Waals surface area contributed by atoms with Gasteiger partial charge >= 0.3 is 0 Å². The fourth-order valence-electron chi connectivity index (χ4n) is 1.96. The second kappa shape index (κ2) is 4.81. The standard InChI is InChI=1S/C12H15FN2O2/c1-2-17-6-5-15-10-7-8(13)3-4-9(10)11(14)12(15)16/h3-4,7,11H,2,5-6,14H2,1H3. The summed E-state index contributed by atoms with van der Waals surface area (Å²) in [5.41, 5.74) is 7.01. The lowest BCUT2D eigenvalue weighted by molar-refractivity contribution is -0.119. The molecule has 1 heterocycles.